The Hall–Kier alpha value is -2.36. The van der Waals surface area contributed by atoms with Gasteiger partial charge in [0.25, 0.3) is 5.91 Å². The van der Waals surface area contributed by atoms with Crippen molar-refractivity contribution in [1.29, 1.82) is 0 Å². The van der Waals surface area contributed by atoms with Gasteiger partial charge in [0.2, 0.25) is 0 Å². The molecule has 110 valence electrons. The van der Waals surface area contributed by atoms with E-state index in [1.54, 1.807) is 6.07 Å². The van der Waals surface area contributed by atoms with E-state index in [4.69, 9.17) is 5.73 Å². The summed E-state index contributed by atoms with van der Waals surface area (Å²) in [7, 11) is 0. The van der Waals surface area contributed by atoms with E-state index in [9.17, 15) is 9.18 Å². The second kappa shape index (κ2) is 5.56. The van der Waals surface area contributed by atoms with Crippen molar-refractivity contribution in [2.24, 2.45) is 0 Å². The highest BCUT2D eigenvalue weighted by atomic mass is 19.1. The Balaban J connectivity index is 2.31. The molecule has 0 saturated heterocycles. The fourth-order valence-electron chi connectivity index (χ4n) is 2.16. The molecule has 0 unspecified atom stereocenters. The maximum absolute atomic E-state index is 13.1. The largest absolute Gasteiger partial charge is 0.396 e. The van der Waals surface area contributed by atoms with Crippen LogP contribution < -0.4 is 11.1 Å². The number of carbonyl (C=O) groups excluding carboxylic acids is 1. The highest BCUT2D eigenvalue weighted by Gasteiger charge is 2.21. The number of nitrogens with one attached hydrogen (secondary N) is 1. The van der Waals surface area contributed by atoms with Crippen LogP contribution in [0.3, 0.4) is 0 Å². The molecule has 0 bridgehead atoms. The monoisotopic (exact) mass is 286 g/mol. The summed E-state index contributed by atoms with van der Waals surface area (Å²) in [6, 6.07) is 11.6. The molecule has 0 radical (unpaired) electrons. The van der Waals surface area contributed by atoms with Crippen LogP contribution in [-0.4, -0.2) is 5.91 Å². The normalized spacial score (nSPS) is 11.2. The molecule has 0 spiro atoms. The van der Waals surface area contributed by atoms with Crippen LogP contribution in [0.4, 0.5) is 15.8 Å². The number of hydrogen-bond donors (Lipinski definition) is 2. The third-order valence-electron chi connectivity index (χ3n) is 3.23. The van der Waals surface area contributed by atoms with Crippen LogP contribution >= 0.6 is 0 Å². The van der Waals surface area contributed by atoms with Crippen molar-refractivity contribution < 1.29 is 9.18 Å². The second-order valence-electron chi connectivity index (χ2n) is 5.99. The number of hydrogen-bond acceptors (Lipinski definition) is 2. The molecule has 0 aliphatic heterocycles. The summed E-state index contributed by atoms with van der Waals surface area (Å²) in [4.78, 5) is 12.4. The number of nitrogen functional groups attached to an aromatic ring is 1. The third-order valence-corrected chi connectivity index (χ3v) is 3.23. The van der Waals surface area contributed by atoms with Crippen molar-refractivity contribution in [2.45, 2.75) is 26.2 Å². The number of halogens is 1. The maximum Gasteiger partial charge on any atom is 0.255 e. The SMILES string of the molecule is CC(C)(C)c1ccccc1C(=O)Nc1ccc(F)c(N)c1. The van der Waals surface area contributed by atoms with Crippen LogP contribution in [-0.2, 0) is 5.41 Å². The van der Waals surface area contributed by atoms with Crippen LogP contribution in [0, 0.1) is 5.82 Å². The summed E-state index contributed by atoms with van der Waals surface area (Å²) in [6.45, 7) is 6.15. The lowest BCUT2D eigenvalue weighted by atomic mass is 9.83. The molecule has 0 aliphatic carbocycles. The highest BCUT2D eigenvalue weighted by Crippen LogP contribution is 2.26. The van der Waals surface area contributed by atoms with E-state index in [0.29, 0.717) is 11.3 Å². The van der Waals surface area contributed by atoms with Crippen molar-refractivity contribution in [1.82, 2.24) is 0 Å². The Morgan fingerprint density at radius 3 is 2.43 bits per heavy atom. The molecule has 0 heterocycles. The Labute approximate surface area is 124 Å². The molecule has 0 fully saturated rings. The van der Waals surface area contributed by atoms with Gasteiger partial charge in [0.05, 0.1) is 5.69 Å². The zero-order chi connectivity index (χ0) is 15.6. The van der Waals surface area contributed by atoms with Crippen LogP contribution in [0.5, 0.6) is 0 Å². The van der Waals surface area contributed by atoms with E-state index < -0.39 is 5.82 Å². The average Bonchev–Trinajstić information content (AvgIpc) is 2.42. The number of carbonyl (C=O) groups is 1. The predicted molar refractivity (Wildman–Crippen MR) is 83.9 cm³/mol. The van der Waals surface area contributed by atoms with Crippen molar-refractivity contribution >= 4 is 17.3 Å². The first-order valence-electron chi connectivity index (χ1n) is 6.75. The van der Waals surface area contributed by atoms with E-state index in [2.05, 4.69) is 26.1 Å². The predicted octanol–water partition coefficient (Wildman–Crippen LogP) is 3.96. The molecule has 3 nitrogen and oxygen atoms in total. The molecule has 2 rings (SSSR count). The Kier molecular flexibility index (Phi) is 3.98. The van der Waals surface area contributed by atoms with E-state index >= 15 is 0 Å². The molecule has 1 amide bonds. The summed E-state index contributed by atoms with van der Waals surface area (Å²) >= 11 is 0. The van der Waals surface area contributed by atoms with Crippen LogP contribution in [0.15, 0.2) is 42.5 Å². The summed E-state index contributed by atoms with van der Waals surface area (Å²) in [5.41, 5.74) is 7.41. The minimum atomic E-state index is -0.497. The maximum atomic E-state index is 13.1. The molecule has 21 heavy (non-hydrogen) atoms. The zero-order valence-electron chi connectivity index (χ0n) is 12.4. The van der Waals surface area contributed by atoms with E-state index in [1.807, 2.05) is 18.2 Å². The first kappa shape index (κ1) is 15.0. The van der Waals surface area contributed by atoms with Crippen molar-refractivity contribution in [3.8, 4) is 0 Å². The van der Waals surface area contributed by atoms with Gasteiger partial charge >= 0.3 is 0 Å². The first-order valence-corrected chi connectivity index (χ1v) is 6.75. The smallest absolute Gasteiger partial charge is 0.255 e. The Morgan fingerprint density at radius 1 is 1.14 bits per heavy atom. The van der Waals surface area contributed by atoms with Gasteiger partial charge in [-0.15, -0.1) is 0 Å². The summed E-state index contributed by atoms with van der Waals surface area (Å²) in [6.07, 6.45) is 0. The van der Waals surface area contributed by atoms with Crippen LogP contribution in [0.2, 0.25) is 0 Å². The van der Waals surface area contributed by atoms with Gasteiger partial charge in [0, 0.05) is 11.3 Å². The Bertz CT molecular complexity index is 675. The number of nitrogens with two attached hydrogens (primary N) is 1. The first-order chi connectivity index (χ1) is 9.79. The van der Waals surface area contributed by atoms with Gasteiger partial charge in [0.1, 0.15) is 5.82 Å². The van der Waals surface area contributed by atoms with Crippen LogP contribution in [0.1, 0.15) is 36.7 Å². The minimum absolute atomic E-state index is 0.0110. The summed E-state index contributed by atoms with van der Waals surface area (Å²) in [5.74, 6) is -0.727. The third kappa shape index (κ3) is 3.40. The quantitative estimate of drug-likeness (QED) is 0.821. The Morgan fingerprint density at radius 2 is 1.81 bits per heavy atom. The topological polar surface area (TPSA) is 55.1 Å². The van der Waals surface area contributed by atoms with Gasteiger partial charge < -0.3 is 11.1 Å². The average molecular weight is 286 g/mol. The lowest BCUT2D eigenvalue weighted by Crippen LogP contribution is -2.20. The van der Waals surface area contributed by atoms with E-state index in [1.165, 1.54) is 18.2 Å². The zero-order valence-corrected chi connectivity index (χ0v) is 12.4. The lowest BCUT2D eigenvalue weighted by Gasteiger charge is -2.22. The van der Waals surface area contributed by atoms with Gasteiger partial charge in [-0.05, 0) is 35.2 Å². The number of rotatable bonds is 2. The fraction of sp³-hybridized carbons (Fsp3) is 0.235. The summed E-state index contributed by atoms with van der Waals surface area (Å²) in [5, 5.41) is 2.75. The second-order valence-corrected chi connectivity index (χ2v) is 5.99. The van der Waals surface area contributed by atoms with E-state index in [0.717, 1.165) is 5.56 Å². The molecule has 0 aromatic heterocycles. The molecule has 0 atom stereocenters. The molecule has 2 aromatic carbocycles. The van der Waals surface area contributed by atoms with Crippen molar-refractivity contribution in [3.63, 3.8) is 0 Å². The highest BCUT2D eigenvalue weighted by molar-refractivity contribution is 6.05. The van der Waals surface area contributed by atoms with Gasteiger partial charge in [0.15, 0.2) is 0 Å². The molecule has 0 aliphatic rings. The molecular formula is C17H19FN2O. The molecule has 2 aromatic rings. The van der Waals surface area contributed by atoms with Crippen molar-refractivity contribution in [2.75, 3.05) is 11.1 Å². The van der Waals surface area contributed by atoms with Gasteiger partial charge in [-0.3, -0.25) is 4.79 Å². The molecule has 3 N–H and O–H groups in total. The number of amides is 1. The van der Waals surface area contributed by atoms with Crippen molar-refractivity contribution in [3.05, 3.63) is 59.4 Å². The standard InChI is InChI=1S/C17H19FN2O/c1-17(2,3)13-7-5-4-6-12(13)16(21)20-11-8-9-14(18)15(19)10-11/h4-10H,19H2,1-3H3,(H,20,21). The van der Waals surface area contributed by atoms with Crippen LogP contribution in [0.25, 0.3) is 0 Å². The number of anilines is 2. The molecule has 0 saturated carbocycles. The lowest BCUT2D eigenvalue weighted by molar-refractivity contribution is 0.102. The van der Waals surface area contributed by atoms with Gasteiger partial charge in [-0.2, -0.15) is 0 Å². The van der Waals surface area contributed by atoms with E-state index in [-0.39, 0.29) is 17.0 Å². The molecule has 4 heteroatoms. The van der Waals surface area contributed by atoms with Gasteiger partial charge in [-0.1, -0.05) is 39.0 Å². The fourth-order valence-corrected chi connectivity index (χ4v) is 2.16. The number of benzene rings is 2. The molecular weight excluding hydrogens is 267 g/mol. The van der Waals surface area contributed by atoms with Gasteiger partial charge in [-0.25, -0.2) is 4.39 Å². The summed E-state index contributed by atoms with van der Waals surface area (Å²) < 4.78 is 13.1. The minimum Gasteiger partial charge on any atom is -0.396 e.